The first-order chi connectivity index (χ1) is 17.0. The van der Waals surface area contributed by atoms with E-state index in [1.54, 1.807) is 10.8 Å². The number of hydrogen-bond donors (Lipinski definition) is 2. The molecular formula is C25H25ClN6O3. The fourth-order valence-corrected chi connectivity index (χ4v) is 5.52. The predicted octanol–water partition coefficient (Wildman–Crippen LogP) is 2.92. The standard InChI is InChI=1S/C25H25ClN6O3/c1-3-19(33)30-6-8-31(9-7-30)24-15-12-17(26)21(20-14(2)4-5-18-16(20)13-27-29-18)23-22(15)32(10-11-35-23)25(34)28-24/h3-5,12-13,19,33H,1,6-11H2,2H3,(H,27,29). The van der Waals surface area contributed by atoms with Gasteiger partial charge in [0.1, 0.15) is 18.7 Å². The van der Waals surface area contributed by atoms with Crippen molar-refractivity contribution in [1.82, 2.24) is 24.6 Å². The van der Waals surface area contributed by atoms with Crippen LogP contribution in [0.1, 0.15) is 5.56 Å². The Hall–Kier alpha value is -3.40. The number of halogens is 1. The van der Waals surface area contributed by atoms with Crippen LogP contribution in [0.5, 0.6) is 5.75 Å². The third-order valence-corrected chi connectivity index (χ3v) is 7.29. The highest BCUT2D eigenvalue weighted by Gasteiger charge is 2.29. The summed E-state index contributed by atoms with van der Waals surface area (Å²) in [5.41, 5.74) is 4.02. The number of ether oxygens (including phenoxy) is 1. The average molecular weight is 493 g/mol. The molecule has 6 rings (SSSR count). The van der Waals surface area contributed by atoms with Gasteiger partial charge in [0.25, 0.3) is 0 Å². The molecule has 0 aliphatic carbocycles. The minimum Gasteiger partial charge on any atom is -0.489 e. The van der Waals surface area contributed by atoms with E-state index in [-0.39, 0.29) is 5.69 Å². The summed E-state index contributed by atoms with van der Waals surface area (Å²) in [5, 5.41) is 19.6. The average Bonchev–Trinajstić information content (AvgIpc) is 3.35. The zero-order chi connectivity index (χ0) is 24.3. The zero-order valence-electron chi connectivity index (χ0n) is 19.3. The molecule has 35 heavy (non-hydrogen) atoms. The predicted molar refractivity (Wildman–Crippen MR) is 136 cm³/mol. The third-order valence-electron chi connectivity index (χ3n) is 6.99. The minimum atomic E-state index is -0.689. The lowest BCUT2D eigenvalue weighted by molar-refractivity contribution is 0.0380. The van der Waals surface area contributed by atoms with Gasteiger partial charge in [-0.05, 0) is 30.7 Å². The van der Waals surface area contributed by atoms with Crippen molar-refractivity contribution in [2.24, 2.45) is 0 Å². The fourth-order valence-electron chi connectivity index (χ4n) is 5.23. The number of aliphatic hydroxyl groups excluding tert-OH is 1. The van der Waals surface area contributed by atoms with Crippen LogP contribution in [-0.2, 0) is 6.54 Å². The molecule has 180 valence electrons. The second kappa shape index (κ2) is 8.37. The number of hydrogen-bond acceptors (Lipinski definition) is 7. The van der Waals surface area contributed by atoms with Gasteiger partial charge in [0.15, 0.2) is 5.75 Å². The monoisotopic (exact) mass is 492 g/mol. The number of anilines is 1. The minimum absolute atomic E-state index is 0.308. The molecule has 0 amide bonds. The lowest BCUT2D eigenvalue weighted by Crippen LogP contribution is -2.50. The van der Waals surface area contributed by atoms with Crippen LogP contribution in [0.4, 0.5) is 5.82 Å². The Morgan fingerprint density at radius 2 is 2.00 bits per heavy atom. The molecule has 0 radical (unpaired) electrons. The van der Waals surface area contributed by atoms with Crippen LogP contribution >= 0.6 is 11.6 Å². The highest BCUT2D eigenvalue weighted by molar-refractivity contribution is 6.35. The van der Waals surface area contributed by atoms with Crippen molar-refractivity contribution in [3.05, 3.63) is 58.1 Å². The molecule has 9 nitrogen and oxygen atoms in total. The molecule has 2 aliphatic heterocycles. The summed E-state index contributed by atoms with van der Waals surface area (Å²) >= 11 is 6.98. The van der Waals surface area contributed by atoms with Crippen molar-refractivity contribution in [1.29, 1.82) is 0 Å². The Labute approximate surface area is 206 Å². The summed E-state index contributed by atoms with van der Waals surface area (Å²) in [5.74, 6) is 1.18. The first kappa shape index (κ1) is 22.1. The van der Waals surface area contributed by atoms with E-state index in [0.717, 1.165) is 33.0 Å². The summed E-state index contributed by atoms with van der Waals surface area (Å²) < 4.78 is 7.91. The molecule has 0 spiro atoms. The quantitative estimate of drug-likeness (QED) is 0.422. The van der Waals surface area contributed by atoms with Gasteiger partial charge in [0, 0.05) is 48.1 Å². The smallest absolute Gasteiger partial charge is 0.350 e. The Bertz CT molecular complexity index is 1540. The summed E-state index contributed by atoms with van der Waals surface area (Å²) in [4.78, 5) is 21.6. The number of fused-ring (bicyclic) bond motifs is 1. The number of aryl methyl sites for hydroxylation is 1. The van der Waals surface area contributed by atoms with Crippen molar-refractivity contribution < 1.29 is 9.84 Å². The van der Waals surface area contributed by atoms with Gasteiger partial charge in [-0.25, -0.2) is 4.79 Å². The van der Waals surface area contributed by atoms with E-state index in [1.165, 1.54) is 6.08 Å². The van der Waals surface area contributed by atoms with E-state index >= 15 is 0 Å². The fraction of sp³-hybridized carbons (Fsp3) is 0.320. The van der Waals surface area contributed by atoms with Crippen molar-refractivity contribution in [2.75, 3.05) is 37.7 Å². The SMILES string of the molecule is C=CC(O)N1CCN(c2nc(=O)n3c4c(c(-c5c(C)ccc6[nH]ncc56)c(Cl)cc24)OCC3)CC1. The zero-order valence-corrected chi connectivity index (χ0v) is 20.0. The van der Waals surface area contributed by atoms with Gasteiger partial charge in [-0.15, -0.1) is 0 Å². The molecule has 0 saturated carbocycles. The number of benzene rings is 2. The van der Waals surface area contributed by atoms with Gasteiger partial charge >= 0.3 is 5.69 Å². The Morgan fingerprint density at radius 3 is 2.77 bits per heavy atom. The highest BCUT2D eigenvalue weighted by atomic mass is 35.5. The molecule has 10 heteroatoms. The van der Waals surface area contributed by atoms with Gasteiger partial charge in [-0.2, -0.15) is 10.1 Å². The summed E-state index contributed by atoms with van der Waals surface area (Å²) in [6.45, 7) is 8.94. The molecule has 4 aromatic rings. The van der Waals surface area contributed by atoms with Crippen LogP contribution in [0.2, 0.25) is 5.02 Å². The Morgan fingerprint density at radius 1 is 1.20 bits per heavy atom. The first-order valence-electron chi connectivity index (χ1n) is 11.6. The highest BCUT2D eigenvalue weighted by Crippen LogP contribution is 2.47. The summed E-state index contributed by atoms with van der Waals surface area (Å²) in [6, 6.07) is 5.91. The van der Waals surface area contributed by atoms with Crippen LogP contribution < -0.4 is 15.3 Å². The van der Waals surface area contributed by atoms with E-state index in [9.17, 15) is 9.90 Å². The van der Waals surface area contributed by atoms with Gasteiger partial charge in [-0.1, -0.05) is 24.2 Å². The second-order valence-corrected chi connectivity index (χ2v) is 9.34. The number of aromatic nitrogens is 4. The van der Waals surface area contributed by atoms with Crippen LogP contribution in [0, 0.1) is 6.92 Å². The van der Waals surface area contributed by atoms with E-state index in [1.807, 2.05) is 30.0 Å². The van der Waals surface area contributed by atoms with E-state index in [2.05, 4.69) is 26.7 Å². The third kappa shape index (κ3) is 3.42. The topological polar surface area (TPSA) is 99.5 Å². The van der Waals surface area contributed by atoms with Crippen LogP contribution in [0.3, 0.4) is 0 Å². The Kier molecular flexibility index (Phi) is 5.28. The van der Waals surface area contributed by atoms with Gasteiger partial charge in [0.05, 0.1) is 28.8 Å². The lowest BCUT2D eigenvalue weighted by atomic mass is 9.94. The van der Waals surface area contributed by atoms with Crippen molar-refractivity contribution >= 4 is 39.2 Å². The van der Waals surface area contributed by atoms with Crippen molar-refractivity contribution in [2.45, 2.75) is 19.7 Å². The van der Waals surface area contributed by atoms with E-state index in [0.29, 0.717) is 61.4 Å². The number of nitrogens with one attached hydrogen (secondary N) is 1. The van der Waals surface area contributed by atoms with Gasteiger partial charge in [-0.3, -0.25) is 14.6 Å². The van der Waals surface area contributed by atoms with Crippen LogP contribution in [-0.4, -0.2) is 68.8 Å². The molecule has 2 aliphatic rings. The number of piperazine rings is 1. The van der Waals surface area contributed by atoms with Gasteiger partial charge < -0.3 is 14.7 Å². The molecule has 1 fully saturated rings. The molecule has 4 heterocycles. The molecule has 2 aromatic carbocycles. The van der Waals surface area contributed by atoms with E-state index in [4.69, 9.17) is 16.3 Å². The Balaban J connectivity index is 1.56. The van der Waals surface area contributed by atoms with Crippen molar-refractivity contribution in [3.63, 3.8) is 0 Å². The number of H-pyrrole nitrogens is 1. The molecule has 1 atom stereocenters. The number of aliphatic hydroxyl groups is 1. The molecule has 1 unspecified atom stereocenters. The first-order valence-corrected chi connectivity index (χ1v) is 12.0. The largest absolute Gasteiger partial charge is 0.489 e. The molecule has 1 saturated heterocycles. The number of nitrogens with zero attached hydrogens (tertiary/aromatic N) is 5. The second-order valence-electron chi connectivity index (χ2n) is 8.94. The van der Waals surface area contributed by atoms with E-state index < -0.39 is 6.23 Å². The van der Waals surface area contributed by atoms with Crippen LogP contribution in [0.25, 0.3) is 32.9 Å². The maximum Gasteiger partial charge on any atom is 0.350 e. The summed E-state index contributed by atoms with van der Waals surface area (Å²) in [7, 11) is 0. The normalized spacial score (nSPS) is 17.1. The molecule has 0 bridgehead atoms. The van der Waals surface area contributed by atoms with Crippen molar-refractivity contribution in [3.8, 4) is 16.9 Å². The summed E-state index contributed by atoms with van der Waals surface area (Å²) in [6.07, 6.45) is 2.62. The number of rotatable bonds is 4. The van der Waals surface area contributed by atoms with Crippen LogP contribution in [0.15, 0.2) is 41.8 Å². The maximum absolute atomic E-state index is 13.2. The molecular weight excluding hydrogens is 468 g/mol. The maximum atomic E-state index is 13.2. The lowest BCUT2D eigenvalue weighted by Gasteiger charge is -2.37. The molecule has 2 aromatic heterocycles. The number of aromatic amines is 1. The molecule has 2 N–H and O–H groups in total. The van der Waals surface area contributed by atoms with Gasteiger partial charge in [0.2, 0.25) is 0 Å².